The quantitative estimate of drug-likeness (QED) is 0.227. The third-order valence-electron chi connectivity index (χ3n) is 0.428. The molecule has 10 heavy (non-hydrogen) atoms. The fourth-order valence-corrected chi connectivity index (χ4v) is 0.789. The maximum atomic E-state index is 4.59. The van der Waals surface area contributed by atoms with Crippen molar-refractivity contribution in [2.24, 2.45) is 0 Å². The standard InChI is InChI=1S/C2H3O.CH3.2Al.4U/c1-2-3;;;;;;;/h2H,1H2;1H3;;;;;;/q-2;;;+1;;;;. The van der Waals surface area contributed by atoms with Gasteiger partial charge in [0, 0.05) is 124 Å². The van der Waals surface area contributed by atoms with Crippen LogP contribution >= 0.6 is 0 Å². The van der Waals surface area contributed by atoms with Gasteiger partial charge < -0.3 is 3.79 Å². The molecule has 7 heteroatoms. The van der Waals surface area contributed by atoms with Crippen LogP contribution in [0.2, 0.25) is 11.1 Å². The molecule has 0 bridgehead atoms. The van der Waals surface area contributed by atoms with Gasteiger partial charge in [0.25, 0.3) is 0 Å². The van der Waals surface area contributed by atoms with Crippen LogP contribution in [0.4, 0.5) is 0 Å². The van der Waals surface area contributed by atoms with Gasteiger partial charge in [0.05, 0.1) is 0 Å². The first-order valence-electron chi connectivity index (χ1n) is 1.87. The van der Waals surface area contributed by atoms with Crippen molar-refractivity contribution in [3.8, 4) is 0 Å². The van der Waals surface area contributed by atoms with Gasteiger partial charge in [-0.2, -0.15) is 0 Å². The molecule has 0 heterocycles. The molecule has 0 aromatic carbocycles. The zero-order chi connectivity index (χ0) is 4.83. The number of rotatable bonds is 3. The Bertz CT molecular complexity index is 30.5. The molecule has 0 saturated heterocycles. The van der Waals surface area contributed by atoms with Gasteiger partial charge in [-0.15, -0.1) is 5.79 Å². The molecule has 0 aromatic rings. The monoisotopic (exact) mass is 1060 g/mol. The first-order chi connectivity index (χ1) is 2.91. The topological polar surface area (TPSA) is 9.23 Å². The summed E-state index contributed by atoms with van der Waals surface area (Å²) in [5.41, 5.74) is 0. The van der Waals surface area contributed by atoms with E-state index in [0.717, 1.165) is 5.28 Å². The van der Waals surface area contributed by atoms with Crippen LogP contribution in [0.3, 0.4) is 0 Å². The molecule has 0 atom stereocenters. The summed E-state index contributed by atoms with van der Waals surface area (Å²) in [7, 11) is 0. The predicted octanol–water partition coefficient (Wildman–Crippen LogP) is 0.419. The number of hydrogen-bond acceptors (Lipinski definition) is 1. The second-order valence-electron chi connectivity index (χ2n) is 0.947. The van der Waals surface area contributed by atoms with E-state index in [9.17, 15) is 0 Å². The van der Waals surface area contributed by atoms with Crippen molar-refractivity contribution in [3.63, 3.8) is 0 Å². The van der Waals surface area contributed by atoms with Crippen LogP contribution in [-0.2, 0) is 3.79 Å². The van der Waals surface area contributed by atoms with Crippen LogP contribution in [0, 0.1) is 131 Å². The van der Waals surface area contributed by atoms with Crippen molar-refractivity contribution in [2.45, 2.75) is 11.1 Å². The average molecular weight is 1060 g/mol. The summed E-state index contributed by atoms with van der Waals surface area (Å²) < 4.78 is 4.59. The van der Waals surface area contributed by atoms with Gasteiger partial charge in [-0.1, -0.05) is 0 Å². The van der Waals surface area contributed by atoms with Crippen LogP contribution in [0.1, 0.15) is 0 Å². The normalized spacial score (nSPS) is 4.90. The van der Waals surface area contributed by atoms with Gasteiger partial charge in [0.15, 0.2) is 15.2 Å². The van der Waals surface area contributed by atoms with Gasteiger partial charge >= 0.3 is 16.6 Å². The molecule has 0 unspecified atom stereocenters. The van der Waals surface area contributed by atoms with E-state index in [1.54, 1.807) is 6.61 Å². The Hall–Kier alpha value is 5.23. The second kappa shape index (κ2) is 29.2. The largest absolute Gasteiger partial charge is 0.689 e. The van der Waals surface area contributed by atoms with Crippen LogP contribution in [0.5, 0.6) is 0 Å². The first-order valence-corrected chi connectivity index (χ1v) is 4.31. The maximum absolute atomic E-state index is 4.59. The molecule has 0 aliphatic rings. The second-order valence-corrected chi connectivity index (χ2v) is 2.51. The van der Waals surface area contributed by atoms with E-state index in [-0.39, 0.29) is 124 Å². The smallest absolute Gasteiger partial charge is 0.331 e. The third kappa shape index (κ3) is 29.2. The molecule has 0 aromatic heterocycles. The molecular formula is C3H6Al2OU4-. The van der Waals surface area contributed by atoms with Crippen LogP contribution < -0.4 is 0 Å². The summed E-state index contributed by atoms with van der Waals surface area (Å²) in [5, 5.41) is 1.13. The minimum Gasteiger partial charge on any atom is -0.689 e. The third-order valence-corrected chi connectivity index (χ3v) is 1.28. The molecule has 0 fully saturated rings. The molecule has 0 aliphatic carbocycles. The summed E-state index contributed by atoms with van der Waals surface area (Å²) in [6.07, 6.45) is 0. The van der Waals surface area contributed by atoms with E-state index in [1.807, 2.05) is 0 Å². The van der Waals surface area contributed by atoms with Crippen molar-refractivity contribution in [1.29, 1.82) is 0 Å². The minimum absolute atomic E-state index is 0. The van der Waals surface area contributed by atoms with Gasteiger partial charge in [-0.25, -0.2) is 5.28 Å². The Kier molecular flexibility index (Phi) is 86.2. The van der Waals surface area contributed by atoms with Gasteiger partial charge in [-0.05, 0) is 0 Å². The summed E-state index contributed by atoms with van der Waals surface area (Å²) in [6.45, 7) is 1.81. The predicted molar refractivity (Wildman–Crippen MR) is 27.6 cm³/mol. The average Bonchev–Trinajstić information content (AvgIpc) is 1.61. The zero-order valence-corrected chi connectivity index (χ0v) is 24.8. The summed E-state index contributed by atoms with van der Waals surface area (Å²) in [5.74, 6) is 2.19. The van der Waals surface area contributed by atoms with Crippen molar-refractivity contribution < 1.29 is 128 Å². The van der Waals surface area contributed by atoms with Gasteiger partial charge in [-0.3, -0.25) is 6.61 Å². The van der Waals surface area contributed by atoms with E-state index < -0.39 is 0 Å². The maximum Gasteiger partial charge on any atom is 0.331 e. The van der Waals surface area contributed by atoms with Gasteiger partial charge in [0.1, 0.15) is 0 Å². The van der Waals surface area contributed by atoms with E-state index in [2.05, 4.69) is 26.2 Å². The fraction of sp³-hybridized carbons (Fsp3) is 0.667. The Morgan fingerprint density at radius 3 is 1.80 bits per heavy atom. The molecule has 0 N–H and O–H groups in total. The first kappa shape index (κ1) is 29.5. The van der Waals surface area contributed by atoms with Crippen LogP contribution in [0.25, 0.3) is 0 Å². The minimum atomic E-state index is 0. The van der Waals surface area contributed by atoms with Crippen molar-refractivity contribution in [3.05, 3.63) is 6.61 Å². The van der Waals surface area contributed by atoms with Gasteiger partial charge in [0.2, 0.25) is 0 Å². The molecule has 0 saturated carbocycles. The Labute approximate surface area is 173 Å². The molecule has 1 nitrogen and oxygen atoms in total. The molecule has 3 radical (unpaired) electrons. The molecule has 0 aliphatic heterocycles. The van der Waals surface area contributed by atoms with Crippen molar-refractivity contribution in [2.75, 3.05) is 0 Å². The summed E-state index contributed by atoms with van der Waals surface area (Å²) in [6, 6.07) is 0. The number of hydrogen-bond donors (Lipinski definition) is 0. The van der Waals surface area contributed by atoms with E-state index in [4.69, 9.17) is 0 Å². The SMILES string of the molecule is [CH3][Al][CH2][CH-][O][Al].[U].[U].[U].[U]. The van der Waals surface area contributed by atoms with Crippen LogP contribution in [0.15, 0.2) is 0 Å². The van der Waals surface area contributed by atoms with Crippen molar-refractivity contribution >= 4 is 31.8 Å². The van der Waals surface area contributed by atoms with E-state index in [1.165, 1.54) is 0 Å². The molecule has 0 amide bonds. The Morgan fingerprint density at radius 2 is 1.70 bits per heavy atom. The zero-order valence-electron chi connectivity index (χ0n) is 5.85. The summed E-state index contributed by atoms with van der Waals surface area (Å²) >= 11 is 2.78. The van der Waals surface area contributed by atoms with Crippen molar-refractivity contribution in [1.82, 2.24) is 0 Å². The molecule has 0 spiro atoms. The van der Waals surface area contributed by atoms with E-state index in [0.29, 0.717) is 15.2 Å². The summed E-state index contributed by atoms with van der Waals surface area (Å²) in [4.78, 5) is 0. The van der Waals surface area contributed by atoms with E-state index >= 15 is 0 Å². The molecule has 47 valence electrons. The fourth-order valence-electron chi connectivity index (χ4n) is 0.152. The van der Waals surface area contributed by atoms with Crippen LogP contribution in [-0.4, -0.2) is 31.8 Å². The molecular weight excluding hydrogens is 1060 g/mol. The Morgan fingerprint density at radius 1 is 1.30 bits per heavy atom. The molecule has 0 rings (SSSR count). The Balaban J connectivity index is -0.0000000208.